The van der Waals surface area contributed by atoms with Crippen LogP contribution in [0.25, 0.3) is 0 Å². The molecule has 12 nitrogen and oxygen atoms in total. The van der Waals surface area contributed by atoms with Crippen LogP contribution in [0.4, 0.5) is 0 Å². The van der Waals surface area contributed by atoms with E-state index >= 15 is 0 Å². The number of carbonyl (C=O) groups is 1. The Kier molecular flexibility index (Phi) is 17.0. The van der Waals surface area contributed by atoms with Gasteiger partial charge in [0.15, 0.2) is 12.4 Å². The molecule has 0 aromatic rings. The van der Waals surface area contributed by atoms with Gasteiger partial charge in [0.1, 0.15) is 42.7 Å². The van der Waals surface area contributed by atoms with E-state index in [2.05, 4.69) is 6.92 Å². The summed E-state index contributed by atoms with van der Waals surface area (Å²) in [6, 6.07) is 0. The largest absolute Gasteiger partial charge is 0.454 e. The van der Waals surface area contributed by atoms with Crippen LogP contribution in [0.15, 0.2) is 0 Å². The number of aliphatic hydroxyl groups is 7. The molecule has 2 aliphatic heterocycles. The van der Waals surface area contributed by atoms with Gasteiger partial charge < -0.3 is 54.7 Å². The molecule has 0 amide bonds. The van der Waals surface area contributed by atoms with Gasteiger partial charge in [0.2, 0.25) is 6.29 Å². The lowest BCUT2D eigenvalue weighted by Crippen LogP contribution is -2.64. The van der Waals surface area contributed by atoms with Crippen molar-refractivity contribution >= 4 is 5.97 Å². The van der Waals surface area contributed by atoms with Gasteiger partial charge in [0.25, 0.3) is 0 Å². The van der Waals surface area contributed by atoms with Crippen LogP contribution in [0.2, 0.25) is 0 Å². The maximum absolute atomic E-state index is 12.5. The standard InChI is InChI=1S/C28H52O12/c1-2-3-4-5-6-7-8-9-10-11-12-13-14-15-20(31)39-26-24(35)22(33)19(17-30)38-28(26)40-27-25(36)23(34)21(32)18(16-29)37-27/h18-19,21-30,32-36H,2-17H2,1H3/t18-,19-,21-,22-,23+,24+,25-,26-,27-,28-/m1/s1. The molecule has 0 spiro atoms. The fourth-order valence-electron chi connectivity index (χ4n) is 5.10. The van der Waals surface area contributed by atoms with Crippen LogP contribution in [0, 0.1) is 0 Å². The number of hydrogen-bond donors (Lipinski definition) is 7. The highest BCUT2D eigenvalue weighted by molar-refractivity contribution is 5.69. The Hall–Kier alpha value is -0.930. The minimum Gasteiger partial charge on any atom is -0.454 e. The number of ether oxygens (including phenoxy) is 4. The Bertz CT molecular complexity index is 680. The average molecular weight is 581 g/mol. The second-order valence-corrected chi connectivity index (χ2v) is 11.0. The van der Waals surface area contributed by atoms with E-state index in [1.165, 1.54) is 57.8 Å². The Morgan fingerprint density at radius 2 is 1.05 bits per heavy atom. The van der Waals surface area contributed by atoms with Crippen molar-refractivity contribution in [1.82, 2.24) is 0 Å². The normalized spacial score (nSPS) is 34.6. The fraction of sp³-hybridized carbons (Fsp3) is 0.964. The van der Waals surface area contributed by atoms with Crippen LogP contribution in [0.1, 0.15) is 96.8 Å². The fourth-order valence-corrected chi connectivity index (χ4v) is 5.10. The van der Waals surface area contributed by atoms with E-state index in [-0.39, 0.29) is 6.42 Å². The van der Waals surface area contributed by atoms with Gasteiger partial charge in [0.05, 0.1) is 13.2 Å². The summed E-state index contributed by atoms with van der Waals surface area (Å²) in [5, 5.41) is 70.1. The lowest BCUT2D eigenvalue weighted by atomic mass is 9.98. The molecule has 0 aromatic carbocycles. The molecule has 2 aliphatic rings. The Morgan fingerprint density at radius 1 is 0.600 bits per heavy atom. The first-order valence-electron chi connectivity index (χ1n) is 15.0. The molecule has 0 bridgehead atoms. The maximum atomic E-state index is 12.5. The van der Waals surface area contributed by atoms with Gasteiger partial charge >= 0.3 is 5.97 Å². The summed E-state index contributed by atoms with van der Waals surface area (Å²) in [7, 11) is 0. The first-order valence-corrected chi connectivity index (χ1v) is 15.0. The Balaban J connectivity index is 1.76. The van der Waals surface area contributed by atoms with Crippen molar-refractivity contribution in [3.8, 4) is 0 Å². The highest BCUT2D eigenvalue weighted by Crippen LogP contribution is 2.30. The lowest BCUT2D eigenvalue weighted by Gasteiger charge is -2.45. The number of hydrogen-bond acceptors (Lipinski definition) is 12. The molecular weight excluding hydrogens is 528 g/mol. The van der Waals surface area contributed by atoms with Crippen molar-refractivity contribution < 1.29 is 59.5 Å². The van der Waals surface area contributed by atoms with E-state index in [1.54, 1.807) is 0 Å². The summed E-state index contributed by atoms with van der Waals surface area (Å²) in [5.41, 5.74) is 0. The summed E-state index contributed by atoms with van der Waals surface area (Å²) in [5.74, 6) is -0.646. The molecule has 2 saturated heterocycles. The van der Waals surface area contributed by atoms with E-state index in [4.69, 9.17) is 18.9 Å². The summed E-state index contributed by atoms with van der Waals surface area (Å²) in [4.78, 5) is 12.5. The number of unbranched alkanes of at least 4 members (excludes halogenated alkanes) is 12. The predicted octanol–water partition coefficient (Wildman–Crippen LogP) is 0.635. The van der Waals surface area contributed by atoms with Crippen LogP contribution in [-0.4, -0.2) is 116 Å². The van der Waals surface area contributed by atoms with Crippen LogP contribution >= 0.6 is 0 Å². The average Bonchev–Trinajstić information content (AvgIpc) is 2.95. The smallest absolute Gasteiger partial charge is 0.306 e. The van der Waals surface area contributed by atoms with Gasteiger partial charge in [-0.2, -0.15) is 0 Å². The highest BCUT2D eigenvalue weighted by Gasteiger charge is 2.51. The summed E-state index contributed by atoms with van der Waals surface area (Å²) >= 11 is 0. The molecule has 0 aromatic heterocycles. The third kappa shape index (κ3) is 11.0. The van der Waals surface area contributed by atoms with Crippen molar-refractivity contribution in [1.29, 1.82) is 0 Å². The molecule has 7 N–H and O–H groups in total. The maximum Gasteiger partial charge on any atom is 0.306 e. The molecule has 0 unspecified atom stereocenters. The Morgan fingerprint density at radius 3 is 1.55 bits per heavy atom. The second kappa shape index (κ2) is 19.3. The van der Waals surface area contributed by atoms with Gasteiger partial charge in [-0.25, -0.2) is 0 Å². The van der Waals surface area contributed by atoms with Crippen LogP contribution in [0.3, 0.4) is 0 Å². The molecule has 2 rings (SSSR count). The molecule has 40 heavy (non-hydrogen) atoms. The first-order chi connectivity index (χ1) is 19.2. The molecule has 0 aliphatic carbocycles. The van der Waals surface area contributed by atoms with E-state index in [9.17, 15) is 40.5 Å². The number of aliphatic hydroxyl groups excluding tert-OH is 7. The van der Waals surface area contributed by atoms with Crippen LogP contribution < -0.4 is 0 Å². The molecule has 2 fully saturated rings. The van der Waals surface area contributed by atoms with E-state index in [0.29, 0.717) is 6.42 Å². The van der Waals surface area contributed by atoms with Crippen molar-refractivity contribution in [2.75, 3.05) is 13.2 Å². The van der Waals surface area contributed by atoms with Crippen molar-refractivity contribution in [2.45, 2.75) is 158 Å². The predicted molar refractivity (Wildman–Crippen MR) is 143 cm³/mol. The quantitative estimate of drug-likeness (QED) is 0.0833. The monoisotopic (exact) mass is 580 g/mol. The zero-order chi connectivity index (χ0) is 29.5. The topological polar surface area (TPSA) is 196 Å². The summed E-state index contributed by atoms with van der Waals surface area (Å²) < 4.78 is 21.7. The van der Waals surface area contributed by atoms with E-state index < -0.39 is 80.6 Å². The van der Waals surface area contributed by atoms with Crippen LogP contribution in [-0.2, 0) is 23.7 Å². The molecule has 10 atom stereocenters. The minimum absolute atomic E-state index is 0.0767. The number of esters is 1. The van der Waals surface area contributed by atoms with Gasteiger partial charge in [-0.1, -0.05) is 84.0 Å². The number of rotatable bonds is 19. The zero-order valence-corrected chi connectivity index (χ0v) is 23.8. The molecule has 236 valence electrons. The van der Waals surface area contributed by atoms with Crippen molar-refractivity contribution in [3.63, 3.8) is 0 Å². The third-order valence-corrected chi connectivity index (χ3v) is 7.69. The third-order valence-electron chi connectivity index (χ3n) is 7.69. The molecule has 12 heteroatoms. The van der Waals surface area contributed by atoms with Gasteiger partial charge in [-0.15, -0.1) is 0 Å². The molecule has 2 heterocycles. The van der Waals surface area contributed by atoms with E-state index in [0.717, 1.165) is 19.3 Å². The van der Waals surface area contributed by atoms with Gasteiger partial charge in [-0.05, 0) is 6.42 Å². The summed E-state index contributed by atoms with van der Waals surface area (Å²) in [6.07, 6.45) is -0.546. The SMILES string of the molecule is CCCCCCCCCCCCCCCC(=O)O[C@H]1[C@@H](O[C@H]2O[C@H](CO)[C@@H](O)[C@H](O)[C@H]2O)O[C@H](CO)[C@@H](O)[C@@H]1O. The number of carbonyl (C=O) groups excluding carboxylic acids is 1. The highest BCUT2D eigenvalue weighted by atomic mass is 16.8. The zero-order valence-electron chi connectivity index (χ0n) is 23.8. The molecule has 0 radical (unpaired) electrons. The Labute approximate surface area is 237 Å². The van der Waals surface area contributed by atoms with E-state index in [1.807, 2.05) is 0 Å². The van der Waals surface area contributed by atoms with Crippen LogP contribution in [0.5, 0.6) is 0 Å². The molecular formula is C28H52O12. The minimum atomic E-state index is -1.76. The van der Waals surface area contributed by atoms with Crippen molar-refractivity contribution in [3.05, 3.63) is 0 Å². The van der Waals surface area contributed by atoms with Gasteiger partial charge in [-0.3, -0.25) is 4.79 Å². The second-order valence-electron chi connectivity index (χ2n) is 11.0. The lowest BCUT2D eigenvalue weighted by molar-refractivity contribution is -0.376. The molecule has 0 saturated carbocycles. The van der Waals surface area contributed by atoms with Crippen molar-refractivity contribution in [2.24, 2.45) is 0 Å². The first kappa shape index (κ1) is 35.3. The summed E-state index contributed by atoms with van der Waals surface area (Å²) in [6.45, 7) is 0.848. The van der Waals surface area contributed by atoms with Gasteiger partial charge in [0, 0.05) is 6.42 Å².